The van der Waals surface area contributed by atoms with E-state index in [4.69, 9.17) is 0 Å². The SMILES string of the molecule is CC(C)CC(C)CC(C)CC(C)(C)C. The summed E-state index contributed by atoms with van der Waals surface area (Å²) in [5.74, 6) is 2.63. The molecule has 0 saturated heterocycles. The summed E-state index contributed by atoms with van der Waals surface area (Å²) in [5.41, 5.74) is 0.497. The number of hydrogen-bond acceptors (Lipinski definition) is 0. The van der Waals surface area contributed by atoms with Crippen molar-refractivity contribution in [3.63, 3.8) is 0 Å². The van der Waals surface area contributed by atoms with Crippen LogP contribution < -0.4 is 0 Å². The van der Waals surface area contributed by atoms with Crippen molar-refractivity contribution < 1.29 is 0 Å². The van der Waals surface area contributed by atoms with Gasteiger partial charge in [-0.3, -0.25) is 0 Å². The molecule has 86 valence electrons. The Hall–Kier alpha value is 0. The molecule has 0 aromatic rings. The monoisotopic (exact) mass is 198 g/mol. The third kappa shape index (κ3) is 8.59. The molecule has 2 unspecified atom stereocenters. The molecule has 0 bridgehead atoms. The lowest BCUT2D eigenvalue weighted by molar-refractivity contribution is 0.260. The van der Waals surface area contributed by atoms with Crippen LogP contribution in [-0.2, 0) is 0 Å². The number of hydrogen-bond donors (Lipinski definition) is 0. The van der Waals surface area contributed by atoms with E-state index in [1.54, 1.807) is 0 Å². The van der Waals surface area contributed by atoms with Crippen molar-refractivity contribution in [2.45, 2.75) is 67.7 Å². The quantitative estimate of drug-likeness (QED) is 0.574. The Balaban J connectivity index is 3.76. The molecule has 0 fully saturated rings. The molecule has 0 saturated carbocycles. The van der Waals surface area contributed by atoms with Gasteiger partial charge in [0.2, 0.25) is 0 Å². The van der Waals surface area contributed by atoms with Gasteiger partial charge in [-0.25, -0.2) is 0 Å². The molecular weight excluding hydrogens is 168 g/mol. The fourth-order valence-electron chi connectivity index (χ4n) is 2.72. The summed E-state index contributed by atoms with van der Waals surface area (Å²) in [6, 6.07) is 0. The maximum Gasteiger partial charge on any atom is -0.0380 e. The second-order valence-electron chi connectivity index (χ2n) is 6.84. The summed E-state index contributed by atoms with van der Waals surface area (Å²) >= 11 is 0. The molecule has 0 spiro atoms. The maximum absolute atomic E-state index is 2.40. The second kappa shape index (κ2) is 5.78. The van der Waals surface area contributed by atoms with Crippen LogP contribution in [0.4, 0.5) is 0 Å². The van der Waals surface area contributed by atoms with Crippen LogP contribution in [0, 0.1) is 23.2 Å². The molecule has 0 radical (unpaired) electrons. The van der Waals surface area contributed by atoms with E-state index in [2.05, 4.69) is 48.5 Å². The highest BCUT2D eigenvalue weighted by molar-refractivity contribution is 4.69. The predicted octanol–water partition coefficient (Wildman–Crippen LogP) is 5.13. The highest BCUT2D eigenvalue weighted by Gasteiger charge is 2.17. The third-order valence-corrected chi connectivity index (χ3v) is 2.64. The molecule has 0 rings (SSSR count). The first-order valence-electron chi connectivity index (χ1n) is 6.20. The Morgan fingerprint density at radius 3 is 1.64 bits per heavy atom. The van der Waals surface area contributed by atoms with Gasteiger partial charge in [0.25, 0.3) is 0 Å². The van der Waals surface area contributed by atoms with Gasteiger partial charge < -0.3 is 0 Å². The van der Waals surface area contributed by atoms with Crippen LogP contribution in [0.2, 0.25) is 0 Å². The van der Waals surface area contributed by atoms with E-state index in [0.29, 0.717) is 5.41 Å². The van der Waals surface area contributed by atoms with E-state index in [9.17, 15) is 0 Å². The molecule has 2 atom stereocenters. The molecule has 0 heteroatoms. The highest BCUT2D eigenvalue weighted by atomic mass is 14.2. The standard InChI is InChI=1S/C14H30/c1-11(2)8-12(3)9-13(4)10-14(5,6)7/h11-13H,8-10H2,1-7H3. The number of rotatable bonds is 5. The van der Waals surface area contributed by atoms with Gasteiger partial charge in [0.05, 0.1) is 0 Å². The van der Waals surface area contributed by atoms with E-state index in [0.717, 1.165) is 17.8 Å². The minimum Gasteiger partial charge on any atom is -0.0628 e. The zero-order valence-corrected chi connectivity index (χ0v) is 11.4. The smallest absolute Gasteiger partial charge is 0.0380 e. The Labute approximate surface area is 91.5 Å². The van der Waals surface area contributed by atoms with E-state index >= 15 is 0 Å². The Morgan fingerprint density at radius 2 is 1.29 bits per heavy atom. The van der Waals surface area contributed by atoms with Crippen LogP contribution >= 0.6 is 0 Å². The molecule has 0 heterocycles. The van der Waals surface area contributed by atoms with Gasteiger partial charge in [-0.05, 0) is 42.4 Å². The topological polar surface area (TPSA) is 0 Å². The van der Waals surface area contributed by atoms with Crippen LogP contribution in [0.1, 0.15) is 67.7 Å². The summed E-state index contributed by atoms with van der Waals surface area (Å²) in [4.78, 5) is 0. The van der Waals surface area contributed by atoms with Crippen LogP contribution in [0.25, 0.3) is 0 Å². The molecule has 14 heavy (non-hydrogen) atoms. The third-order valence-electron chi connectivity index (χ3n) is 2.64. The molecule has 0 aliphatic rings. The lowest BCUT2D eigenvalue weighted by atomic mass is 9.80. The van der Waals surface area contributed by atoms with Crippen LogP contribution in [-0.4, -0.2) is 0 Å². The fraction of sp³-hybridized carbons (Fsp3) is 1.00. The molecule has 0 aromatic carbocycles. The van der Waals surface area contributed by atoms with E-state index in [1.807, 2.05) is 0 Å². The normalized spacial score (nSPS) is 17.1. The first kappa shape index (κ1) is 14.0. The molecule has 0 aromatic heterocycles. The maximum atomic E-state index is 2.40. The summed E-state index contributed by atoms with van der Waals surface area (Å²) in [6.07, 6.45) is 4.14. The lowest BCUT2D eigenvalue weighted by Gasteiger charge is -2.25. The lowest BCUT2D eigenvalue weighted by Crippen LogP contribution is -2.14. The molecule has 0 N–H and O–H groups in total. The molecule has 0 aliphatic carbocycles. The van der Waals surface area contributed by atoms with Gasteiger partial charge in [-0.1, -0.05) is 48.5 Å². The molecule has 0 amide bonds. The first-order chi connectivity index (χ1) is 6.20. The average molecular weight is 198 g/mol. The van der Waals surface area contributed by atoms with E-state index in [1.165, 1.54) is 19.3 Å². The molecule has 0 nitrogen and oxygen atoms in total. The van der Waals surface area contributed by atoms with Crippen molar-refractivity contribution in [1.29, 1.82) is 0 Å². The van der Waals surface area contributed by atoms with Gasteiger partial charge in [-0.2, -0.15) is 0 Å². The summed E-state index contributed by atoms with van der Waals surface area (Å²) in [6.45, 7) is 16.5. The van der Waals surface area contributed by atoms with Crippen molar-refractivity contribution >= 4 is 0 Å². The molecule has 0 aliphatic heterocycles. The van der Waals surface area contributed by atoms with E-state index < -0.39 is 0 Å². The minimum atomic E-state index is 0.497. The Kier molecular flexibility index (Phi) is 5.78. The van der Waals surface area contributed by atoms with E-state index in [-0.39, 0.29) is 0 Å². The second-order valence-corrected chi connectivity index (χ2v) is 6.84. The first-order valence-corrected chi connectivity index (χ1v) is 6.20. The largest absolute Gasteiger partial charge is 0.0628 e. The van der Waals surface area contributed by atoms with Gasteiger partial charge >= 0.3 is 0 Å². The van der Waals surface area contributed by atoms with Crippen molar-refractivity contribution in [1.82, 2.24) is 0 Å². The molecular formula is C14H30. The van der Waals surface area contributed by atoms with Crippen molar-refractivity contribution in [2.24, 2.45) is 23.2 Å². The van der Waals surface area contributed by atoms with Crippen LogP contribution in [0.3, 0.4) is 0 Å². The van der Waals surface area contributed by atoms with Crippen molar-refractivity contribution in [3.05, 3.63) is 0 Å². The Bertz CT molecular complexity index is 139. The van der Waals surface area contributed by atoms with Gasteiger partial charge in [0.15, 0.2) is 0 Å². The van der Waals surface area contributed by atoms with Crippen LogP contribution in [0.15, 0.2) is 0 Å². The zero-order chi connectivity index (χ0) is 11.4. The zero-order valence-electron chi connectivity index (χ0n) is 11.4. The Morgan fingerprint density at radius 1 is 0.786 bits per heavy atom. The summed E-state index contributed by atoms with van der Waals surface area (Å²) in [7, 11) is 0. The van der Waals surface area contributed by atoms with Crippen molar-refractivity contribution in [3.8, 4) is 0 Å². The van der Waals surface area contributed by atoms with Gasteiger partial charge in [-0.15, -0.1) is 0 Å². The highest BCUT2D eigenvalue weighted by Crippen LogP contribution is 2.29. The summed E-state index contributed by atoms with van der Waals surface area (Å²) < 4.78 is 0. The van der Waals surface area contributed by atoms with Crippen LogP contribution in [0.5, 0.6) is 0 Å². The van der Waals surface area contributed by atoms with Crippen molar-refractivity contribution in [2.75, 3.05) is 0 Å². The van der Waals surface area contributed by atoms with Gasteiger partial charge in [0, 0.05) is 0 Å². The average Bonchev–Trinajstić information content (AvgIpc) is 1.77. The summed E-state index contributed by atoms with van der Waals surface area (Å²) in [5, 5.41) is 0. The predicted molar refractivity (Wildman–Crippen MR) is 66.5 cm³/mol. The van der Waals surface area contributed by atoms with Gasteiger partial charge in [0.1, 0.15) is 0 Å². The fourth-order valence-corrected chi connectivity index (χ4v) is 2.72. The minimum absolute atomic E-state index is 0.497.